The minimum Gasteiger partial charge on any atom is -0.258 e. The van der Waals surface area contributed by atoms with Gasteiger partial charge in [0.15, 0.2) is 0 Å². The Morgan fingerprint density at radius 1 is 1.20 bits per heavy atom. The van der Waals surface area contributed by atoms with Gasteiger partial charge < -0.3 is 0 Å². The van der Waals surface area contributed by atoms with E-state index in [4.69, 9.17) is 11.6 Å². The molecule has 0 N–H and O–H groups in total. The summed E-state index contributed by atoms with van der Waals surface area (Å²) >= 11 is 6.14. The molecule has 0 spiro atoms. The van der Waals surface area contributed by atoms with Gasteiger partial charge in [0.05, 0.1) is 4.92 Å². The molecule has 0 fully saturated rings. The third kappa shape index (κ3) is 3.43. The molecule has 104 valence electrons. The molecule has 1 heterocycles. The summed E-state index contributed by atoms with van der Waals surface area (Å²) in [6, 6.07) is 8.49. The molecule has 0 atom stereocenters. The highest BCUT2D eigenvalue weighted by molar-refractivity contribution is 7.99. The van der Waals surface area contributed by atoms with Gasteiger partial charge in [-0.2, -0.15) is 8.78 Å². The van der Waals surface area contributed by atoms with Crippen molar-refractivity contribution in [2.45, 2.75) is 10.7 Å². The van der Waals surface area contributed by atoms with Crippen LogP contribution in [-0.2, 0) is 0 Å². The molecule has 0 aliphatic carbocycles. The van der Waals surface area contributed by atoms with Gasteiger partial charge in [-0.3, -0.25) is 10.1 Å². The molecule has 0 saturated carbocycles. The topological polar surface area (TPSA) is 56.0 Å². The highest BCUT2D eigenvalue weighted by Crippen LogP contribution is 2.32. The van der Waals surface area contributed by atoms with E-state index in [0.29, 0.717) is 22.2 Å². The van der Waals surface area contributed by atoms with Gasteiger partial charge in [0.1, 0.15) is 10.8 Å². The van der Waals surface area contributed by atoms with Gasteiger partial charge in [0, 0.05) is 16.5 Å². The summed E-state index contributed by atoms with van der Waals surface area (Å²) in [6.07, 6.45) is 0. The van der Waals surface area contributed by atoms with Crippen LogP contribution in [0.5, 0.6) is 0 Å². The fourth-order valence-electron chi connectivity index (χ4n) is 1.58. The zero-order valence-corrected chi connectivity index (χ0v) is 11.4. The first-order valence-corrected chi connectivity index (χ1v) is 6.59. The highest BCUT2D eigenvalue weighted by atomic mass is 35.5. The van der Waals surface area contributed by atoms with E-state index in [1.807, 2.05) is 0 Å². The Kier molecular flexibility index (Phi) is 4.51. The van der Waals surface area contributed by atoms with Gasteiger partial charge in [-0.1, -0.05) is 35.5 Å². The minimum absolute atomic E-state index is 0.107. The average molecular weight is 317 g/mol. The van der Waals surface area contributed by atoms with Crippen molar-refractivity contribution >= 4 is 29.1 Å². The van der Waals surface area contributed by atoms with Crippen molar-refractivity contribution in [3.8, 4) is 11.3 Å². The molecule has 2 rings (SSSR count). The average Bonchev–Trinajstić information content (AvgIpc) is 2.38. The number of aromatic nitrogens is 1. The van der Waals surface area contributed by atoms with Crippen molar-refractivity contribution in [3.63, 3.8) is 0 Å². The Balaban J connectivity index is 2.41. The lowest BCUT2D eigenvalue weighted by molar-refractivity contribution is -0.384. The van der Waals surface area contributed by atoms with Crippen molar-refractivity contribution < 1.29 is 13.7 Å². The van der Waals surface area contributed by atoms with Crippen molar-refractivity contribution in [1.82, 2.24) is 4.98 Å². The van der Waals surface area contributed by atoms with Crippen molar-refractivity contribution in [3.05, 3.63) is 51.7 Å². The maximum absolute atomic E-state index is 12.2. The lowest BCUT2D eigenvalue weighted by atomic mass is 10.1. The molecule has 0 aliphatic rings. The lowest BCUT2D eigenvalue weighted by Crippen LogP contribution is -1.95. The highest BCUT2D eigenvalue weighted by Gasteiger charge is 2.17. The Bertz CT molecular complexity index is 638. The predicted octanol–water partition coefficient (Wildman–Crippen LogP) is 4.62. The second-order valence-corrected chi connectivity index (χ2v) is 5.11. The Labute approximate surface area is 121 Å². The number of thioether (sulfide) groups is 1. The van der Waals surface area contributed by atoms with Crippen molar-refractivity contribution in [2.24, 2.45) is 0 Å². The molecule has 2 aromatic rings. The van der Waals surface area contributed by atoms with Gasteiger partial charge >= 0.3 is 0 Å². The van der Waals surface area contributed by atoms with Crippen LogP contribution in [0.2, 0.25) is 5.15 Å². The number of alkyl halides is 2. The fraction of sp³-hybridized carbons (Fsp3) is 0.0833. The summed E-state index contributed by atoms with van der Waals surface area (Å²) < 4.78 is 24.4. The molecule has 0 radical (unpaired) electrons. The van der Waals surface area contributed by atoms with E-state index in [2.05, 4.69) is 4.98 Å². The maximum Gasteiger partial charge on any atom is 0.295 e. The number of hydrogen-bond acceptors (Lipinski definition) is 4. The van der Waals surface area contributed by atoms with Crippen LogP contribution in [0, 0.1) is 10.1 Å². The SMILES string of the molecule is O=[N+]([O-])c1ccc(Cl)nc1-c1ccc(SC(F)F)cc1. The Hall–Kier alpha value is -1.73. The van der Waals surface area contributed by atoms with E-state index >= 15 is 0 Å². The molecule has 8 heteroatoms. The molecular formula is C12H7ClF2N2O2S. The third-order valence-electron chi connectivity index (χ3n) is 2.39. The van der Waals surface area contributed by atoms with Crippen molar-refractivity contribution in [2.75, 3.05) is 0 Å². The second-order valence-electron chi connectivity index (χ2n) is 3.66. The Morgan fingerprint density at radius 3 is 2.40 bits per heavy atom. The van der Waals surface area contributed by atoms with Crippen LogP contribution >= 0.6 is 23.4 Å². The van der Waals surface area contributed by atoms with Gasteiger partial charge in [-0.05, 0) is 18.2 Å². The summed E-state index contributed by atoms with van der Waals surface area (Å²) in [4.78, 5) is 14.7. The van der Waals surface area contributed by atoms with Crippen LogP contribution in [-0.4, -0.2) is 15.7 Å². The van der Waals surface area contributed by atoms with Crippen molar-refractivity contribution in [1.29, 1.82) is 0 Å². The molecule has 1 aromatic heterocycles. The molecule has 1 aromatic carbocycles. The molecule has 0 aliphatic heterocycles. The number of pyridine rings is 1. The quantitative estimate of drug-likeness (QED) is 0.357. The first-order valence-electron chi connectivity index (χ1n) is 5.33. The number of nitrogens with zero attached hydrogens (tertiary/aromatic N) is 2. The molecule has 0 unspecified atom stereocenters. The summed E-state index contributed by atoms with van der Waals surface area (Å²) in [5, 5.41) is 11.1. The molecule has 4 nitrogen and oxygen atoms in total. The van der Waals surface area contributed by atoms with Gasteiger partial charge in [-0.25, -0.2) is 4.98 Å². The number of rotatable bonds is 4. The van der Waals surface area contributed by atoms with Crippen LogP contribution < -0.4 is 0 Å². The molecule has 20 heavy (non-hydrogen) atoms. The lowest BCUT2D eigenvalue weighted by Gasteiger charge is -2.04. The number of halogens is 3. The largest absolute Gasteiger partial charge is 0.295 e. The van der Waals surface area contributed by atoms with Gasteiger partial charge in [-0.15, -0.1) is 0 Å². The van der Waals surface area contributed by atoms with E-state index < -0.39 is 10.7 Å². The van der Waals surface area contributed by atoms with Crippen LogP contribution in [0.4, 0.5) is 14.5 Å². The van der Waals surface area contributed by atoms with E-state index in [1.54, 1.807) is 0 Å². The first-order chi connectivity index (χ1) is 9.47. The maximum atomic E-state index is 12.2. The summed E-state index contributed by atoms with van der Waals surface area (Å²) in [7, 11) is 0. The fourth-order valence-corrected chi connectivity index (χ4v) is 2.23. The Morgan fingerprint density at radius 2 is 1.85 bits per heavy atom. The van der Waals surface area contributed by atoms with Gasteiger partial charge in [0.2, 0.25) is 0 Å². The third-order valence-corrected chi connectivity index (χ3v) is 3.32. The number of hydrogen-bond donors (Lipinski definition) is 0. The summed E-state index contributed by atoms with van der Waals surface area (Å²) in [5.41, 5.74) is 0.359. The zero-order chi connectivity index (χ0) is 14.7. The second kappa shape index (κ2) is 6.15. The van der Waals surface area contributed by atoms with Crippen LogP contribution in [0.1, 0.15) is 0 Å². The zero-order valence-electron chi connectivity index (χ0n) is 9.79. The van der Waals surface area contributed by atoms with Crippen LogP contribution in [0.15, 0.2) is 41.3 Å². The van der Waals surface area contributed by atoms with E-state index in [0.717, 1.165) is 0 Å². The normalized spacial score (nSPS) is 10.8. The van der Waals surface area contributed by atoms with Gasteiger partial charge in [0.25, 0.3) is 11.4 Å². The molecule has 0 amide bonds. The number of benzene rings is 1. The standard InChI is InChI=1S/C12H7ClF2N2O2S/c13-10-6-5-9(17(18)19)11(16-10)7-1-3-8(4-2-7)20-12(14)15/h1-6,12H. The summed E-state index contributed by atoms with van der Waals surface area (Å²) in [6.45, 7) is 0. The first kappa shape index (κ1) is 14.7. The molecular weight excluding hydrogens is 310 g/mol. The minimum atomic E-state index is -2.51. The predicted molar refractivity (Wildman–Crippen MR) is 73.2 cm³/mol. The van der Waals surface area contributed by atoms with Crippen LogP contribution in [0.25, 0.3) is 11.3 Å². The monoisotopic (exact) mass is 316 g/mol. The van der Waals surface area contributed by atoms with Crippen LogP contribution in [0.3, 0.4) is 0 Å². The van der Waals surface area contributed by atoms with E-state index in [1.165, 1.54) is 36.4 Å². The number of nitro groups is 1. The summed E-state index contributed by atoms with van der Waals surface area (Å²) in [5.74, 6) is -2.51. The van der Waals surface area contributed by atoms with E-state index in [-0.39, 0.29) is 16.5 Å². The smallest absolute Gasteiger partial charge is 0.258 e. The molecule has 0 bridgehead atoms. The molecule has 0 saturated heterocycles. The van der Waals surface area contributed by atoms with E-state index in [9.17, 15) is 18.9 Å².